The fourth-order valence-corrected chi connectivity index (χ4v) is 1.30. The second-order valence-corrected chi connectivity index (χ2v) is 4.24. The van der Waals surface area contributed by atoms with Crippen LogP contribution in [0.1, 0.15) is 5.56 Å². The molecule has 1 atom stereocenters. The monoisotopic (exact) mass is 322 g/mol. The number of ether oxygens (including phenoxy) is 1. The molecule has 1 aromatic rings. The van der Waals surface area contributed by atoms with E-state index >= 15 is 0 Å². The molecule has 1 unspecified atom stereocenters. The molecule has 0 radical (unpaired) electrons. The highest BCUT2D eigenvalue weighted by atomic mass is 127. The summed E-state index contributed by atoms with van der Waals surface area (Å²) < 4.78 is 6.18. The summed E-state index contributed by atoms with van der Waals surface area (Å²) in [6, 6.07) is 7.67. The normalized spacial score (nSPS) is 12.4. The Balaban J connectivity index is 2.32. The van der Waals surface area contributed by atoms with Gasteiger partial charge in [0.05, 0.1) is 13.2 Å². The Morgan fingerprint density at radius 1 is 1.40 bits per heavy atom. The maximum absolute atomic E-state index is 10.3. The molecule has 1 rings (SSSR count). The van der Waals surface area contributed by atoms with Crippen molar-refractivity contribution < 1.29 is 19.7 Å². The summed E-state index contributed by atoms with van der Waals surface area (Å²) in [5.41, 5.74) is 0.952. The molecular formula is C10H11IO4. The fourth-order valence-electron chi connectivity index (χ4n) is 0.940. The van der Waals surface area contributed by atoms with Gasteiger partial charge in [-0.15, -0.1) is 0 Å². The summed E-state index contributed by atoms with van der Waals surface area (Å²) in [5, 5.41) is 17.3. The van der Waals surface area contributed by atoms with Crippen LogP contribution in [0.15, 0.2) is 24.3 Å². The summed E-state index contributed by atoms with van der Waals surface area (Å²) in [5.74, 6) is -1.27. The van der Waals surface area contributed by atoms with E-state index in [4.69, 9.17) is 14.9 Å². The molecule has 0 aromatic heterocycles. The second-order valence-electron chi connectivity index (χ2n) is 3.00. The summed E-state index contributed by atoms with van der Waals surface area (Å²) in [7, 11) is 0. The van der Waals surface area contributed by atoms with Gasteiger partial charge in [0.15, 0.2) is 6.10 Å². The zero-order chi connectivity index (χ0) is 11.3. The number of carbonyl (C=O) groups is 1. The van der Waals surface area contributed by atoms with E-state index < -0.39 is 12.1 Å². The Labute approximate surface area is 101 Å². The number of benzene rings is 1. The predicted molar refractivity (Wildman–Crippen MR) is 62.5 cm³/mol. The van der Waals surface area contributed by atoms with Gasteiger partial charge < -0.3 is 14.9 Å². The van der Waals surface area contributed by atoms with Crippen LogP contribution in [0.5, 0.6) is 0 Å². The Morgan fingerprint density at radius 2 is 2.00 bits per heavy atom. The number of hydrogen-bond donors (Lipinski definition) is 2. The lowest BCUT2D eigenvalue weighted by atomic mass is 10.2. The zero-order valence-corrected chi connectivity index (χ0v) is 10.0. The highest BCUT2D eigenvalue weighted by molar-refractivity contribution is 14.1. The lowest BCUT2D eigenvalue weighted by molar-refractivity contribution is -0.150. The van der Waals surface area contributed by atoms with E-state index in [1.54, 1.807) is 0 Å². The standard InChI is InChI=1S/C10H11IO4/c11-8-3-1-7(2-4-8)5-15-6-9(12)10(13)14/h1-4,9,12H,5-6H2,(H,13,14). The average Bonchev–Trinajstić information content (AvgIpc) is 2.20. The number of carboxylic acids is 1. The zero-order valence-electron chi connectivity index (χ0n) is 7.89. The van der Waals surface area contributed by atoms with E-state index in [-0.39, 0.29) is 6.61 Å². The molecule has 0 aliphatic heterocycles. The number of rotatable bonds is 5. The Hall–Kier alpha value is -0.660. The number of aliphatic hydroxyl groups is 1. The van der Waals surface area contributed by atoms with Gasteiger partial charge in [0, 0.05) is 3.57 Å². The summed E-state index contributed by atoms with van der Waals surface area (Å²) in [6.45, 7) is 0.114. The van der Waals surface area contributed by atoms with E-state index in [0.717, 1.165) is 9.13 Å². The molecule has 82 valence electrons. The molecule has 5 heteroatoms. The van der Waals surface area contributed by atoms with Crippen LogP contribution in [0.4, 0.5) is 0 Å². The van der Waals surface area contributed by atoms with Crippen molar-refractivity contribution >= 4 is 28.6 Å². The summed E-state index contributed by atoms with van der Waals surface area (Å²) in [4.78, 5) is 10.3. The molecule has 4 nitrogen and oxygen atoms in total. The van der Waals surface area contributed by atoms with Gasteiger partial charge in [-0.05, 0) is 40.3 Å². The van der Waals surface area contributed by atoms with Crippen molar-refractivity contribution in [2.24, 2.45) is 0 Å². The van der Waals surface area contributed by atoms with E-state index in [2.05, 4.69) is 22.6 Å². The van der Waals surface area contributed by atoms with Gasteiger partial charge in [-0.2, -0.15) is 0 Å². The predicted octanol–water partition coefficient (Wildman–Crippen LogP) is 1.25. The van der Waals surface area contributed by atoms with Crippen molar-refractivity contribution in [3.63, 3.8) is 0 Å². The van der Waals surface area contributed by atoms with Crippen molar-refractivity contribution in [2.75, 3.05) is 6.61 Å². The molecule has 0 heterocycles. The number of aliphatic hydroxyl groups excluding tert-OH is 1. The first-order chi connectivity index (χ1) is 7.09. The molecular weight excluding hydrogens is 311 g/mol. The van der Waals surface area contributed by atoms with E-state index in [1.807, 2.05) is 24.3 Å². The molecule has 15 heavy (non-hydrogen) atoms. The molecule has 0 spiro atoms. The Kier molecular flexibility index (Phi) is 5.00. The topological polar surface area (TPSA) is 66.8 Å². The minimum absolute atomic E-state index is 0.193. The second kappa shape index (κ2) is 6.04. The first kappa shape index (κ1) is 12.4. The molecule has 0 aliphatic carbocycles. The third-order valence-corrected chi connectivity index (χ3v) is 2.46. The van der Waals surface area contributed by atoms with Crippen LogP contribution in [0.2, 0.25) is 0 Å². The number of carboxylic acid groups (broad SMARTS) is 1. The smallest absolute Gasteiger partial charge is 0.334 e. The van der Waals surface area contributed by atoms with Gasteiger partial charge in [0.2, 0.25) is 0 Å². The van der Waals surface area contributed by atoms with Crippen LogP contribution in [0.25, 0.3) is 0 Å². The molecule has 0 bridgehead atoms. The third-order valence-electron chi connectivity index (χ3n) is 1.74. The molecule has 1 aromatic carbocycles. The molecule has 0 amide bonds. The first-order valence-electron chi connectivity index (χ1n) is 4.32. The molecule has 0 saturated carbocycles. The van der Waals surface area contributed by atoms with Crippen molar-refractivity contribution in [2.45, 2.75) is 12.7 Å². The van der Waals surface area contributed by atoms with Crippen LogP contribution in [0, 0.1) is 3.57 Å². The average molecular weight is 322 g/mol. The number of hydrogen-bond acceptors (Lipinski definition) is 3. The first-order valence-corrected chi connectivity index (χ1v) is 5.40. The number of halogens is 1. The summed E-state index contributed by atoms with van der Waals surface area (Å²) in [6.07, 6.45) is -1.45. The molecule has 2 N–H and O–H groups in total. The maximum Gasteiger partial charge on any atom is 0.334 e. The van der Waals surface area contributed by atoms with Crippen LogP contribution in [-0.2, 0) is 16.1 Å². The molecule has 0 saturated heterocycles. The van der Waals surface area contributed by atoms with Crippen molar-refractivity contribution in [3.05, 3.63) is 33.4 Å². The summed E-state index contributed by atoms with van der Waals surface area (Å²) >= 11 is 2.19. The van der Waals surface area contributed by atoms with Gasteiger partial charge in [-0.1, -0.05) is 12.1 Å². The van der Waals surface area contributed by atoms with Crippen LogP contribution in [0.3, 0.4) is 0 Å². The van der Waals surface area contributed by atoms with Crippen LogP contribution < -0.4 is 0 Å². The van der Waals surface area contributed by atoms with Gasteiger partial charge in [0.1, 0.15) is 0 Å². The van der Waals surface area contributed by atoms with Gasteiger partial charge >= 0.3 is 5.97 Å². The van der Waals surface area contributed by atoms with Gasteiger partial charge in [-0.25, -0.2) is 4.79 Å². The lowest BCUT2D eigenvalue weighted by Gasteiger charge is -2.06. The van der Waals surface area contributed by atoms with Gasteiger partial charge in [0.25, 0.3) is 0 Å². The number of aliphatic carboxylic acids is 1. The molecule has 0 aliphatic rings. The lowest BCUT2D eigenvalue weighted by Crippen LogP contribution is -2.25. The highest BCUT2D eigenvalue weighted by Gasteiger charge is 2.12. The van der Waals surface area contributed by atoms with E-state index in [9.17, 15) is 4.79 Å². The van der Waals surface area contributed by atoms with Gasteiger partial charge in [-0.3, -0.25) is 0 Å². The Morgan fingerprint density at radius 3 is 2.53 bits per heavy atom. The van der Waals surface area contributed by atoms with Crippen molar-refractivity contribution in [1.29, 1.82) is 0 Å². The largest absolute Gasteiger partial charge is 0.479 e. The highest BCUT2D eigenvalue weighted by Crippen LogP contribution is 2.07. The van der Waals surface area contributed by atoms with Crippen LogP contribution >= 0.6 is 22.6 Å². The Bertz CT molecular complexity index is 323. The quantitative estimate of drug-likeness (QED) is 0.801. The SMILES string of the molecule is O=C(O)C(O)COCc1ccc(I)cc1. The maximum atomic E-state index is 10.3. The van der Waals surface area contributed by atoms with Crippen LogP contribution in [-0.4, -0.2) is 28.9 Å². The van der Waals surface area contributed by atoms with E-state index in [1.165, 1.54) is 0 Å². The van der Waals surface area contributed by atoms with Crippen molar-refractivity contribution in [1.82, 2.24) is 0 Å². The third kappa shape index (κ3) is 4.59. The van der Waals surface area contributed by atoms with Crippen molar-refractivity contribution in [3.8, 4) is 0 Å². The fraction of sp³-hybridized carbons (Fsp3) is 0.300. The minimum Gasteiger partial charge on any atom is -0.479 e. The van der Waals surface area contributed by atoms with E-state index in [0.29, 0.717) is 6.61 Å². The minimum atomic E-state index is -1.45. The molecule has 0 fully saturated rings.